The molecule has 3 N–H and O–H groups in total. The minimum atomic E-state index is -0.0636. The molecule has 226 valence electrons. The van der Waals surface area contributed by atoms with E-state index in [-0.39, 0.29) is 24.0 Å². The highest BCUT2D eigenvalue weighted by atomic mass is 32.2. The zero-order valence-electron chi connectivity index (χ0n) is 24.2. The monoisotopic (exact) mass is 619 g/mol. The topological polar surface area (TPSA) is 109 Å². The number of amides is 3. The molecule has 2 aliphatic heterocycles. The number of fused-ring (bicyclic) bond motifs is 2. The van der Waals surface area contributed by atoms with Gasteiger partial charge in [0, 0.05) is 28.8 Å². The largest absolute Gasteiger partial charge is 0.490 e. The van der Waals surface area contributed by atoms with E-state index < -0.39 is 0 Å². The van der Waals surface area contributed by atoms with Gasteiger partial charge in [-0.25, -0.2) is 9.78 Å². The number of hydrogen-bond donors (Lipinski definition) is 3. The maximum atomic E-state index is 13.7. The van der Waals surface area contributed by atoms with Crippen LogP contribution in [0.1, 0.15) is 48.9 Å². The van der Waals surface area contributed by atoms with Gasteiger partial charge in [-0.3, -0.25) is 4.79 Å². The average molecular weight is 620 g/mol. The Morgan fingerprint density at radius 1 is 1.05 bits per heavy atom. The van der Waals surface area contributed by atoms with E-state index in [1.54, 1.807) is 11.3 Å². The smallest absolute Gasteiger partial charge is 0.315 e. The van der Waals surface area contributed by atoms with Crippen LogP contribution in [0.25, 0.3) is 11.0 Å². The lowest BCUT2D eigenvalue weighted by molar-refractivity contribution is -0.132. The molecule has 0 unspecified atom stereocenters. The third kappa shape index (κ3) is 7.27. The van der Waals surface area contributed by atoms with Crippen LogP contribution in [0.2, 0.25) is 0 Å². The first-order valence-corrected chi connectivity index (χ1v) is 16.8. The molecule has 3 amide bonds. The molecule has 6 rings (SSSR count). The number of carbonyl (C=O) groups excluding carboxylic acids is 2. The highest BCUT2D eigenvalue weighted by molar-refractivity contribution is 8.00. The lowest BCUT2D eigenvalue weighted by Gasteiger charge is -2.23. The van der Waals surface area contributed by atoms with Crippen molar-refractivity contribution in [3.05, 3.63) is 76.2 Å². The maximum Gasteiger partial charge on any atom is 0.315 e. The Morgan fingerprint density at radius 2 is 1.95 bits per heavy atom. The van der Waals surface area contributed by atoms with E-state index in [9.17, 15) is 9.59 Å². The van der Waals surface area contributed by atoms with Crippen molar-refractivity contribution in [3.63, 3.8) is 0 Å². The molecule has 0 aliphatic carbocycles. The predicted molar refractivity (Wildman–Crippen MR) is 171 cm³/mol. The number of carbonyl (C=O) groups is 2. The van der Waals surface area contributed by atoms with Crippen LogP contribution in [0.4, 0.5) is 4.79 Å². The number of benzene rings is 2. The van der Waals surface area contributed by atoms with Gasteiger partial charge in [0.2, 0.25) is 5.91 Å². The van der Waals surface area contributed by atoms with Gasteiger partial charge in [-0.1, -0.05) is 30.7 Å². The third-order valence-electron chi connectivity index (χ3n) is 7.83. The van der Waals surface area contributed by atoms with Crippen molar-refractivity contribution in [2.45, 2.75) is 69.6 Å². The fourth-order valence-electron chi connectivity index (χ4n) is 5.72. The van der Waals surface area contributed by atoms with E-state index in [1.165, 1.54) is 0 Å². The first kappa shape index (κ1) is 29.4. The number of imidazole rings is 1. The van der Waals surface area contributed by atoms with Gasteiger partial charge >= 0.3 is 6.03 Å². The summed E-state index contributed by atoms with van der Waals surface area (Å²) < 4.78 is 12.0. The zero-order valence-corrected chi connectivity index (χ0v) is 25.8. The van der Waals surface area contributed by atoms with Gasteiger partial charge in [-0.2, -0.15) is 11.8 Å². The molecular formula is C32H37N5O4S2. The molecule has 43 heavy (non-hydrogen) atoms. The summed E-state index contributed by atoms with van der Waals surface area (Å²) >= 11 is 3.57. The SMILES string of the molecule is CCOc1cc(CN(Cc2nc3ccccc3[nH]2)C(=O)CCCC[C@@H]2SC[C@@H]3NC(=O)N[C@@H]32)ccc1OCc1cccs1. The maximum absolute atomic E-state index is 13.7. The molecular weight excluding hydrogens is 583 g/mol. The summed E-state index contributed by atoms with van der Waals surface area (Å²) in [6.45, 7) is 3.77. The third-order valence-corrected chi connectivity index (χ3v) is 10.2. The van der Waals surface area contributed by atoms with Gasteiger partial charge < -0.3 is 30.0 Å². The molecule has 0 bridgehead atoms. The van der Waals surface area contributed by atoms with Crippen LogP contribution >= 0.6 is 23.1 Å². The van der Waals surface area contributed by atoms with Crippen LogP contribution in [0.3, 0.4) is 0 Å². The molecule has 2 saturated heterocycles. The van der Waals surface area contributed by atoms with Crippen molar-refractivity contribution >= 4 is 46.1 Å². The molecule has 4 aromatic rings. The second-order valence-corrected chi connectivity index (χ2v) is 13.2. The molecule has 3 atom stereocenters. The summed E-state index contributed by atoms with van der Waals surface area (Å²) in [7, 11) is 0. The summed E-state index contributed by atoms with van der Waals surface area (Å²) in [5, 5.41) is 8.48. The van der Waals surface area contributed by atoms with Crippen LogP contribution in [0, 0.1) is 0 Å². The molecule has 4 heterocycles. The van der Waals surface area contributed by atoms with Crippen LogP contribution in [-0.2, 0) is 24.5 Å². The summed E-state index contributed by atoms with van der Waals surface area (Å²) in [5.74, 6) is 3.15. The van der Waals surface area contributed by atoms with Crippen LogP contribution in [0.15, 0.2) is 60.0 Å². The Kier molecular flexibility index (Phi) is 9.38. The van der Waals surface area contributed by atoms with Gasteiger partial charge in [0.25, 0.3) is 0 Å². The van der Waals surface area contributed by atoms with Crippen molar-refractivity contribution in [2.75, 3.05) is 12.4 Å². The van der Waals surface area contributed by atoms with Gasteiger partial charge in [0.1, 0.15) is 12.4 Å². The van der Waals surface area contributed by atoms with Crippen LogP contribution in [0.5, 0.6) is 11.5 Å². The molecule has 0 saturated carbocycles. The lowest BCUT2D eigenvalue weighted by Crippen LogP contribution is -2.36. The summed E-state index contributed by atoms with van der Waals surface area (Å²) in [4.78, 5) is 36.5. The summed E-state index contributed by atoms with van der Waals surface area (Å²) in [6, 6.07) is 18.2. The Hall–Kier alpha value is -3.70. The number of thiophene rings is 1. The zero-order chi connectivity index (χ0) is 29.6. The second kappa shape index (κ2) is 13.7. The van der Waals surface area contributed by atoms with E-state index in [1.807, 2.05) is 83.6 Å². The minimum Gasteiger partial charge on any atom is -0.490 e. The fraction of sp³-hybridized carbons (Fsp3) is 0.406. The van der Waals surface area contributed by atoms with E-state index in [2.05, 4.69) is 15.6 Å². The lowest BCUT2D eigenvalue weighted by atomic mass is 10.0. The molecule has 2 aliphatic rings. The van der Waals surface area contributed by atoms with Gasteiger partial charge in [0.15, 0.2) is 11.5 Å². The van der Waals surface area contributed by atoms with Crippen molar-refractivity contribution < 1.29 is 19.1 Å². The van der Waals surface area contributed by atoms with E-state index in [0.29, 0.717) is 49.5 Å². The summed E-state index contributed by atoms with van der Waals surface area (Å²) in [6.07, 6.45) is 3.17. The molecule has 0 radical (unpaired) electrons. The molecule has 2 fully saturated rings. The van der Waals surface area contributed by atoms with Crippen molar-refractivity contribution in [2.24, 2.45) is 0 Å². The number of rotatable bonds is 14. The number of para-hydroxylation sites is 2. The Bertz CT molecular complexity index is 1510. The normalized spacial score (nSPS) is 19.2. The van der Waals surface area contributed by atoms with Gasteiger partial charge in [-0.05, 0) is 61.0 Å². The van der Waals surface area contributed by atoms with Crippen molar-refractivity contribution in [3.8, 4) is 11.5 Å². The number of unbranched alkanes of at least 4 members (excludes halogenated alkanes) is 1. The standard InChI is InChI=1S/C32H37N5O4S2/c1-2-40-27-16-21(13-14-26(27)41-19-22-8-7-15-42-22)17-37(18-29-33-23-9-3-4-10-24(23)34-29)30(38)12-6-5-11-28-31-25(20-43-28)35-32(39)36-31/h3-4,7-10,13-16,25,28,31H,2,5-6,11-12,17-20H2,1H3,(H,33,34)(H2,35,36,39)/t25-,28-,31-/m0/s1. The van der Waals surface area contributed by atoms with Crippen molar-refractivity contribution in [1.82, 2.24) is 25.5 Å². The van der Waals surface area contributed by atoms with Crippen LogP contribution < -0.4 is 20.1 Å². The van der Waals surface area contributed by atoms with E-state index >= 15 is 0 Å². The number of hydrogen-bond acceptors (Lipinski definition) is 7. The second-order valence-electron chi connectivity index (χ2n) is 10.9. The first-order chi connectivity index (χ1) is 21.1. The average Bonchev–Trinajstić information content (AvgIpc) is 3.80. The number of aromatic amines is 1. The Labute approximate surface area is 259 Å². The number of urea groups is 1. The predicted octanol–water partition coefficient (Wildman–Crippen LogP) is 5.86. The van der Waals surface area contributed by atoms with Crippen molar-refractivity contribution in [1.29, 1.82) is 0 Å². The number of aromatic nitrogens is 2. The quantitative estimate of drug-likeness (QED) is 0.121. The first-order valence-electron chi connectivity index (χ1n) is 14.9. The van der Waals surface area contributed by atoms with Crippen LogP contribution in [-0.4, -0.2) is 56.5 Å². The molecule has 9 nitrogen and oxygen atoms in total. The molecule has 0 spiro atoms. The van der Waals surface area contributed by atoms with Gasteiger partial charge in [0.05, 0.1) is 36.3 Å². The molecule has 2 aromatic heterocycles. The number of nitrogens with zero attached hydrogens (tertiary/aromatic N) is 2. The fourth-order valence-corrected chi connectivity index (χ4v) is 7.88. The Morgan fingerprint density at radius 3 is 2.79 bits per heavy atom. The number of H-pyrrole nitrogens is 1. The highest BCUT2D eigenvalue weighted by Gasteiger charge is 2.42. The number of nitrogens with one attached hydrogen (secondary N) is 3. The number of thioether (sulfide) groups is 1. The molecule has 2 aromatic carbocycles. The van der Waals surface area contributed by atoms with E-state index in [0.717, 1.165) is 52.3 Å². The summed E-state index contributed by atoms with van der Waals surface area (Å²) in [5.41, 5.74) is 2.81. The van der Waals surface area contributed by atoms with E-state index in [4.69, 9.17) is 14.5 Å². The number of ether oxygens (including phenoxy) is 2. The van der Waals surface area contributed by atoms with Gasteiger partial charge in [-0.15, -0.1) is 11.3 Å². The Balaban J connectivity index is 1.12. The molecule has 11 heteroatoms. The minimum absolute atomic E-state index is 0.0636. The highest BCUT2D eigenvalue weighted by Crippen LogP contribution is 2.34.